The first-order chi connectivity index (χ1) is 9.72. The predicted octanol–water partition coefficient (Wildman–Crippen LogP) is 0.790. The number of rotatable bonds is 3. The van der Waals surface area contributed by atoms with E-state index in [4.69, 9.17) is 0 Å². The maximum Gasteiger partial charge on any atom is 0.242 e. The summed E-state index contributed by atoms with van der Waals surface area (Å²) in [5, 5.41) is 5.82. The van der Waals surface area contributed by atoms with Crippen LogP contribution in [0.25, 0.3) is 0 Å². The Morgan fingerprint density at radius 3 is 2.45 bits per heavy atom. The van der Waals surface area contributed by atoms with Gasteiger partial charge >= 0.3 is 0 Å². The molecule has 2 heterocycles. The van der Waals surface area contributed by atoms with Crippen LogP contribution in [0.3, 0.4) is 0 Å². The summed E-state index contributed by atoms with van der Waals surface area (Å²) in [5.41, 5.74) is -0.336. The topological polar surface area (TPSA) is 61.4 Å². The molecule has 5 heteroatoms. The van der Waals surface area contributed by atoms with Crippen LogP contribution in [0.15, 0.2) is 0 Å². The minimum absolute atomic E-state index is 0.0225. The number of carbonyl (C=O) groups is 2. The van der Waals surface area contributed by atoms with Gasteiger partial charge in [0, 0.05) is 6.54 Å². The molecule has 3 rings (SSSR count). The molecule has 0 aromatic heterocycles. The van der Waals surface area contributed by atoms with Gasteiger partial charge in [-0.05, 0) is 45.2 Å². The molecule has 1 aliphatic carbocycles. The third-order valence-corrected chi connectivity index (χ3v) is 5.17. The van der Waals surface area contributed by atoms with E-state index < -0.39 is 0 Å². The van der Waals surface area contributed by atoms with Gasteiger partial charge < -0.3 is 10.6 Å². The molecule has 1 saturated carbocycles. The van der Waals surface area contributed by atoms with E-state index in [1.165, 1.54) is 19.3 Å². The Hall–Kier alpha value is -1.10. The summed E-state index contributed by atoms with van der Waals surface area (Å²) in [6.07, 6.45) is 8.49. The highest BCUT2D eigenvalue weighted by Crippen LogP contribution is 2.36. The monoisotopic (exact) mass is 279 g/mol. The molecule has 0 radical (unpaired) electrons. The van der Waals surface area contributed by atoms with Crippen LogP contribution in [0.2, 0.25) is 0 Å². The minimum Gasteiger partial charge on any atom is -0.354 e. The van der Waals surface area contributed by atoms with Crippen molar-refractivity contribution in [1.29, 1.82) is 0 Å². The fraction of sp³-hybridized carbons (Fsp3) is 0.867. The molecule has 112 valence electrons. The number of amides is 2. The SMILES string of the molecule is O=C1NCCC1NC(=O)C1(N2CCCC2)CCCCC1. The maximum absolute atomic E-state index is 12.9. The quantitative estimate of drug-likeness (QED) is 0.803. The molecule has 0 spiro atoms. The maximum atomic E-state index is 12.9. The van der Waals surface area contributed by atoms with Crippen LogP contribution in [-0.2, 0) is 9.59 Å². The molecule has 0 aromatic rings. The highest BCUT2D eigenvalue weighted by atomic mass is 16.2. The Morgan fingerprint density at radius 2 is 1.85 bits per heavy atom. The zero-order valence-electron chi connectivity index (χ0n) is 12.1. The smallest absolute Gasteiger partial charge is 0.242 e. The van der Waals surface area contributed by atoms with Crippen molar-refractivity contribution in [2.24, 2.45) is 0 Å². The van der Waals surface area contributed by atoms with Crippen molar-refractivity contribution in [3.05, 3.63) is 0 Å². The van der Waals surface area contributed by atoms with Crippen molar-refractivity contribution in [2.45, 2.75) is 62.9 Å². The molecule has 0 aromatic carbocycles. The molecule has 3 fully saturated rings. The summed E-state index contributed by atoms with van der Waals surface area (Å²) < 4.78 is 0. The second-order valence-corrected chi connectivity index (χ2v) is 6.39. The highest BCUT2D eigenvalue weighted by Gasteiger charge is 2.46. The van der Waals surface area contributed by atoms with Crippen molar-refractivity contribution in [1.82, 2.24) is 15.5 Å². The molecule has 2 amide bonds. The van der Waals surface area contributed by atoms with Crippen LogP contribution in [0.1, 0.15) is 51.4 Å². The molecule has 0 bridgehead atoms. The minimum atomic E-state index is -0.336. The fourth-order valence-corrected chi connectivity index (χ4v) is 3.99. The summed E-state index contributed by atoms with van der Waals surface area (Å²) in [6, 6.07) is -0.316. The lowest BCUT2D eigenvalue weighted by atomic mass is 9.79. The van der Waals surface area contributed by atoms with Gasteiger partial charge in [-0.2, -0.15) is 0 Å². The second-order valence-electron chi connectivity index (χ2n) is 6.39. The van der Waals surface area contributed by atoms with Gasteiger partial charge in [-0.15, -0.1) is 0 Å². The van der Waals surface area contributed by atoms with Crippen molar-refractivity contribution in [3.63, 3.8) is 0 Å². The molecule has 1 atom stereocenters. The van der Waals surface area contributed by atoms with Gasteiger partial charge in [0.2, 0.25) is 11.8 Å². The van der Waals surface area contributed by atoms with Gasteiger partial charge in [0.1, 0.15) is 11.6 Å². The molecule has 2 aliphatic heterocycles. The lowest BCUT2D eigenvalue weighted by molar-refractivity contribution is -0.138. The number of carbonyl (C=O) groups excluding carboxylic acids is 2. The van der Waals surface area contributed by atoms with Crippen LogP contribution >= 0.6 is 0 Å². The standard InChI is InChI=1S/C15H25N3O2/c19-13-12(6-9-16-13)17-14(20)15(7-2-1-3-8-15)18-10-4-5-11-18/h12H,1-11H2,(H,16,19)(H,17,20). The van der Waals surface area contributed by atoms with Crippen molar-refractivity contribution < 1.29 is 9.59 Å². The van der Waals surface area contributed by atoms with Gasteiger partial charge in [0.15, 0.2) is 0 Å². The first-order valence-electron chi connectivity index (χ1n) is 8.06. The highest BCUT2D eigenvalue weighted by molar-refractivity contribution is 5.93. The molecular formula is C15H25N3O2. The molecule has 2 saturated heterocycles. The first kappa shape index (κ1) is 13.9. The molecule has 1 unspecified atom stereocenters. The number of hydrogen-bond donors (Lipinski definition) is 2. The summed E-state index contributed by atoms with van der Waals surface area (Å²) >= 11 is 0. The zero-order valence-corrected chi connectivity index (χ0v) is 12.1. The number of hydrogen-bond acceptors (Lipinski definition) is 3. The Morgan fingerprint density at radius 1 is 1.15 bits per heavy atom. The third kappa shape index (κ3) is 2.43. The first-order valence-corrected chi connectivity index (χ1v) is 8.06. The summed E-state index contributed by atoms with van der Waals surface area (Å²) in [7, 11) is 0. The fourth-order valence-electron chi connectivity index (χ4n) is 3.99. The molecular weight excluding hydrogens is 254 g/mol. The van der Waals surface area contributed by atoms with E-state index in [2.05, 4.69) is 15.5 Å². The second kappa shape index (κ2) is 5.72. The van der Waals surface area contributed by atoms with Crippen molar-refractivity contribution in [3.8, 4) is 0 Å². The van der Waals surface area contributed by atoms with Gasteiger partial charge in [-0.3, -0.25) is 14.5 Å². The molecule has 2 N–H and O–H groups in total. The van der Waals surface area contributed by atoms with Crippen molar-refractivity contribution >= 4 is 11.8 Å². The van der Waals surface area contributed by atoms with Crippen LogP contribution in [0, 0.1) is 0 Å². The van der Waals surface area contributed by atoms with Gasteiger partial charge in [0.25, 0.3) is 0 Å². The Bertz CT molecular complexity index is 385. The van der Waals surface area contributed by atoms with Gasteiger partial charge in [-0.25, -0.2) is 0 Å². The largest absolute Gasteiger partial charge is 0.354 e. The van der Waals surface area contributed by atoms with E-state index in [1.807, 2.05) is 0 Å². The average molecular weight is 279 g/mol. The number of likely N-dealkylation sites (tertiary alicyclic amines) is 1. The Balaban J connectivity index is 1.74. The molecule has 5 nitrogen and oxygen atoms in total. The zero-order chi connectivity index (χ0) is 14.0. The number of nitrogens with one attached hydrogen (secondary N) is 2. The van der Waals surface area contributed by atoms with Crippen LogP contribution in [-0.4, -0.2) is 47.9 Å². The van der Waals surface area contributed by atoms with E-state index >= 15 is 0 Å². The summed E-state index contributed by atoms with van der Waals surface area (Å²) in [5.74, 6) is 0.0758. The van der Waals surface area contributed by atoms with E-state index in [1.54, 1.807) is 0 Å². The van der Waals surface area contributed by atoms with E-state index in [0.29, 0.717) is 6.54 Å². The molecule has 3 aliphatic rings. The van der Waals surface area contributed by atoms with E-state index in [-0.39, 0.29) is 23.4 Å². The van der Waals surface area contributed by atoms with E-state index in [9.17, 15) is 9.59 Å². The van der Waals surface area contributed by atoms with Crippen LogP contribution in [0.4, 0.5) is 0 Å². The summed E-state index contributed by atoms with van der Waals surface area (Å²) in [4.78, 5) is 26.9. The lowest BCUT2D eigenvalue weighted by Crippen LogP contribution is -2.61. The Kier molecular flexibility index (Phi) is 3.96. The normalized spacial score (nSPS) is 30.2. The predicted molar refractivity (Wildman–Crippen MR) is 76.2 cm³/mol. The Labute approximate surface area is 120 Å². The van der Waals surface area contributed by atoms with E-state index in [0.717, 1.165) is 45.2 Å². The number of nitrogens with zero attached hydrogens (tertiary/aromatic N) is 1. The van der Waals surface area contributed by atoms with Crippen LogP contribution < -0.4 is 10.6 Å². The average Bonchev–Trinajstić information content (AvgIpc) is 3.12. The van der Waals surface area contributed by atoms with Crippen LogP contribution in [0.5, 0.6) is 0 Å². The summed E-state index contributed by atoms with van der Waals surface area (Å²) in [6.45, 7) is 2.75. The van der Waals surface area contributed by atoms with Crippen molar-refractivity contribution in [2.75, 3.05) is 19.6 Å². The third-order valence-electron chi connectivity index (χ3n) is 5.17. The van der Waals surface area contributed by atoms with Gasteiger partial charge in [-0.1, -0.05) is 19.3 Å². The molecule has 20 heavy (non-hydrogen) atoms. The lowest BCUT2D eigenvalue weighted by Gasteiger charge is -2.43. The van der Waals surface area contributed by atoms with Gasteiger partial charge in [0.05, 0.1) is 0 Å².